The topological polar surface area (TPSA) is 136 Å². The van der Waals surface area contributed by atoms with Crippen LogP contribution in [0.4, 0.5) is 11.4 Å². The minimum atomic E-state index is -4.37. The lowest BCUT2D eigenvalue weighted by atomic mass is 9.49. The van der Waals surface area contributed by atoms with Crippen LogP contribution in [0.2, 0.25) is 0 Å². The number of aromatic nitrogens is 2. The summed E-state index contributed by atoms with van der Waals surface area (Å²) < 4.78 is 30.6. The molecule has 4 saturated carbocycles. The summed E-state index contributed by atoms with van der Waals surface area (Å²) in [5, 5.41) is 15.3. The van der Waals surface area contributed by atoms with Gasteiger partial charge in [0.2, 0.25) is 0 Å². The Balaban J connectivity index is 1.05. The number of carbonyl (C=O) groups is 1. The molecule has 2 N–H and O–H groups in total. The van der Waals surface area contributed by atoms with Crippen molar-refractivity contribution in [1.29, 1.82) is 0 Å². The Hall–Kier alpha value is -4.25. The second-order valence-electron chi connectivity index (χ2n) is 14.0. The molecule has 4 fully saturated rings. The molecule has 4 bridgehead atoms. The van der Waals surface area contributed by atoms with Crippen LogP contribution < -0.4 is 10.0 Å². The fourth-order valence-electron chi connectivity index (χ4n) is 8.87. The van der Waals surface area contributed by atoms with Crippen molar-refractivity contribution in [3.05, 3.63) is 82.2 Å². The molecule has 0 unspecified atom stereocenters. The number of benzene rings is 3. The zero-order chi connectivity index (χ0) is 32.4. The van der Waals surface area contributed by atoms with Gasteiger partial charge in [0.15, 0.2) is 0 Å². The molecule has 1 heterocycles. The second kappa shape index (κ2) is 11.2. The van der Waals surface area contributed by atoms with E-state index in [2.05, 4.69) is 28.5 Å². The van der Waals surface area contributed by atoms with Gasteiger partial charge in [-0.3, -0.25) is 14.9 Å². The monoisotopic (exact) mass is 641 g/mol. The smallest absolute Gasteiger partial charge is 0.293 e. The summed E-state index contributed by atoms with van der Waals surface area (Å²) in [4.78, 5) is 28.8. The first-order chi connectivity index (χ1) is 21.9. The van der Waals surface area contributed by atoms with Gasteiger partial charge in [-0.1, -0.05) is 18.2 Å². The van der Waals surface area contributed by atoms with E-state index in [0.717, 1.165) is 71.1 Å². The van der Waals surface area contributed by atoms with Crippen molar-refractivity contribution in [3.63, 3.8) is 0 Å². The minimum absolute atomic E-state index is 0.150. The third-order valence-corrected chi connectivity index (χ3v) is 11.7. The molecule has 8 rings (SSSR count). The number of hydrogen-bond donors (Lipinski definition) is 2. The van der Waals surface area contributed by atoms with Crippen molar-refractivity contribution in [2.75, 3.05) is 11.9 Å². The number of fused-ring (bicyclic) bond motifs is 1. The van der Waals surface area contributed by atoms with Gasteiger partial charge < -0.3 is 9.88 Å². The van der Waals surface area contributed by atoms with Crippen LogP contribution in [-0.4, -0.2) is 35.3 Å². The molecule has 0 atom stereocenters. The number of rotatable bonds is 9. The lowest BCUT2D eigenvalue weighted by Crippen LogP contribution is -2.49. The number of amides is 1. The Bertz CT molecular complexity index is 1930. The molecule has 240 valence electrons. The van der Waals surface area contributed by atoms with Gasteiger partial charge in [-0.05, 0) is 130 Å². The number of nitrogens with zero attached hydrogens (tertiary/aromatic N) is 3. The van der Waals surface area contributed by atoms with E-state index in [1.165, 1.54) is 31.4 Å². The number of nitro groups is 1. The van der Waals surface area contributed by atoms with Crippen molar-refractivity contribution < 1.29 is 18.1 Å². The van der Waals surface area contributed by atoms with E-state index in [1.807, 2.05) is 25.1 Å². The Morgan fingerprint density at radius 2 is 1.61 bits per heavy atom. The Kier molecular flexibility index (Phi) is 7.42. The molecule has 10 nitrogen and oxygen atoms in total. The number of sulfonamides is 1. The van der Waals surface area contributed by atoms with Gasteiger partial charge in [0.05, 0.1) is 20.9 Å². The fourth-order valence-corrected chi connectivity index (χ4v) is 9.87. The van der Waals surface area contributed by atoms with E-state index >= 15 is 0 Å². The number of nitrogens with one attached hydrogen (secondary N) is 2. The number of imidazole rings is 1. The normalized spacial score (nSPS) is 23.6. The van der Waals surface area contributed by atoms with E-state index < -0.39 is 20.9 Å². The quantitative estimate of drug-likeness (QED) is 0.145. The van der Waals surface area contributed by atoms with E-state index in [4.69, 9.17) is 4.98 Å². The lowest BCUT2D eigenvalue weighted by molar-refractivity contribution is -0.384. The molecule has 3 aromatic carbocycles. The molecular formula is C35H39N5O5S. The third kappa shape index (κ3) is 5.55. The molecule has 0 radical (unpaired) electrons. The van der Waals surface area contributed by atoms with Crippen molar-refractivity contribution in [2.45, 2.75) is 70.2 Å². The average molecular weight is 642 g/mol. The highest BCUT2D eigenvalue weighted by Crippen LogP contribution is 2.60. The van der Waals surface area contributed by atoms with Crippen LogP contribution >= 0.6 is 0 Å². The maximum Gasteiger partial charge on any atom is 0.293 e. The SMILES string of the molecule is Cc1nc2cc(-c3ccc(C(=O)NS(=O)(=O)c4ccc(NCC56CC7CC(CC(C7)C5)C6)c([N+](=O)[O-])c4)cc3)ccc2n1C(C)C. The molecule has 0 saturated heterocycles. The van der Waals surface area contributed by atoms with E-state index in [-0.39, 0.29) is 27.6 Å². The van der Waals surface area contributed by atoms with Gasteiger partial charge >= 0.3 is 0 Å². The zero-order valence-electron chi connectivity index (χ0n) is 26.3. The van der Waals surface area contributed by atoms with Crippen molar-refractivity contribution >= 4 is 38.3 Å². The number of nitro benzene ring substituents is 1. The summed E-state index contributed by atoms with van der Waals surface area (Å²) in [6, 6.07) is 16.7. The molecule has 0 aliphatic heterocycles. The summed E-state index contributed by atoms with van der Waals surface area (Å²) in [5.41, 5.74) is 3.97. The van der Waals surface area contributed by atoms with Crippen LogP contribution in [0.1, 0.15) is 74.6 Å². The summed E-state index contributed by atoms with van der Waals surface area (Å²) in [5.74, 6) is 2.38. The molecular weight excluding hydrogens is 602 g/mol. The Morgan fingerprint density at radius 3 is 2.22 bits per heavy atom. The molecule has 1 aromatic heterocycles. The minimum Gasteiger partial charge on any atom is -0.379 e. The van der Waals surface area contributed by atoms with Crippen LogP contribution in [0.3, 0.4) is 0 Å². The van der Waals surface area contributed by atoms with Gasteiger partial charge in [-0.25, -0.2) is 18.1 Å². The zero-order valence-corrected chi connectivity index (χ0v) is 27.1. The second-order valence-corrected chi connectivity index (χ2v) is 15.7. The number of aryl methyl sites for hydroxylation is 1. The summed E-state index contributed by atoms with van der Waals surface area (Å²) >= 11 is 0. The highest BCUT2D eigenvalue weighted by atomic mass is 32.2. The average Bonchev–Trinajstić information content (AvgIpc) is 3.34. The first-order valence-electron chi connectivity index (χ1n) is 16.1. The highest BCUT2D eigenvalue weighted by Gasteiger charge is 2.50. The number of anilines is 1. The number of hydrogen-bond acceptors (Lipinski definition) is 7. The van der Waals surface area contributed by atoms with Crippen LogP contribution in [0.15, 0.2) is 65.6 Å². The Labute approximate surface area is 268 Å². The summed E-state index contributed by atoms with van der Waals surface area (Å²) in [7, 11) is -4.37. The van der Waals surface area contributed by atoms with Crippen molar-refractivity contribution in [2.24, 2.45) is 23.2 Å². The Morgan fingerprint density at radius 1 is 0.978 bits per heavy atom. The molecule has 0 spiro atoms. The molecule has 46 heavy (non-hydrogen) atoms. The molecule has 11 heteroatoms. The highest BCUT2D eigenvalue weighted by molar-refractivity contribution is 7.90. The largest absolute Gasteiger partial charge is 0.379 e. The van der Waals surface area contributed by atoms with Gasteiger partial charge in [0, 0.05) is 24.2 Å². The third-order valence-electron chi connectivity index (χ3n) is 10.4. The molecule has 4 aliphatic carbocycles. The summed E-state index contributed by atoms with van der Waals surface area (Å²) in [6.07, 6.45) is 7.38. The molecule has 4 aromatic rings. The van der Waals surface area contributed by atoms with Gasteiger partial charge in [0.25, 0.3) is 21.6 Å². The number of carbonyl (C=O) groups excluding carboxylic acids is 1. The first kappa shape index (κ1) is 30.4. The van der Waals surface area contributed by atoms with Crippen molar-refractivity contribution in [3.8, 4) is 11.1 Å². The maximum atomic E-state index is 13.2. The standard InChI is InChI=1S/C35H39N5O5S/c1-21(2)39-22(3)37-31-15-28(8-11-32(31)39)26-4-6-27(7-5-26)34(41)38-46(44,45)29-9-10-30(33(16-29)40(42)43)36-20-35-17-23-12-24(18-35)14-25(13-23)19-35/h4-11,15-16,21,23-25,36H,12-14,17-20H2,1-3H3,(H,38,41). The predicted molar refractivity (Wildman–Crippen MR) is 177 cm³/mol. The first-order valence-corrected chi connectivity index (χ1v) is 17.6. The van der Waals surface area contributed by atoms with Gasteiger partial charge in [0.1, 0.15) is 11.5 Å². The maximum absolute atomic E-state index is 13.2. The van der Waals surface area contributed by atoms with E-state index in [1.54, 1.807) is 24.3 Å². The van der Waals surface area contributed by atoms with Crippen LogP contribution in [0.25, 0.3) is 22.2 Å². The van der Waals surface area contributed by atoms with Crippen LogP contribution in [0, 0.1) is 40.2 Å². The van der Waals surface area contributed by atoms with Gasteiger partial charge in [-0.2, -0.15) is 0 Å². The summed E-state index contributed by atoms with van der Waals surface area (Å²) in [6.45, 7) is 6.85. The fraction of sp³-hybridized carbons (Fsp3) is 0.429. The van der Waals surface area contributed by atoms with Crippen LogP contribution in [0.5, 0.6) is 0 Å². The lowest BCUT2D eigenvalue weighted by Gasteiger charge is -2.57. The van der Waals surface area contributed by atoms with E-state index in [9.17, 15) is 23.3 Å². The molecule has 1 amide bonds. The van der Waals surface area contributed by atoms with E-state index in [0.29, 0.717) is 12.2 Å². The molecule has 4 aliphatic rings. The van der Waals surface area contributed by atoms with Crippen molar-refractivity contribution in [1.82, 2.24) is 14.3 Å². The predicted octanol–water partition coefficient (Wildman–Crippen LogP) is 7.25. The van der Waals surface area contributed by atoms with Crippen LogP contribution in [-0.2, 0) is 10.0 Å². The van der Waals surface area contributed by atoms with Gasteiger partial charge in [-0.15, -0.1) is 0 Å².